The van der Waals surface area contributed by atoms with Gasteiger partial charge in [0.05, 0.1) is 23.6 Å². The fourth-order valence-corrected chi connectivity index (χ4v) is 4.28. The Kier molecular flexibility index (Phi) is 8.42. The van der Waals surface area contributed by atoms with E-state index in [9.17, 15) is 14.3 Å². The summed E-state index contributed by atoms with van der Waals surface area (Å²) in [4.78, 5) is 20.0. The number of nitrogens with one attached hydrogen (secondary N) is 1. The van der Waals surface area contributed by atoms with Crippen molar-refractivity contribution in [1.82, 2.24) is 15.3 Å². The van der Waals surface area contributed by atoms with Gasteiger partial charge in [-0.25, -0.2) is 14.4 Å². The van der Waals surface area contributed by atoms with Gasteiger partial charge in [-0.1, -0.05) is 13.5 Å². The first-order valence-electron chi connectivity index (χ1n) is 12.0. The van der Waals surface area contributed by atoms with Crippen LogP contribution in [0.2, 0.25) is 0 Å². The molecule has 6 nitrogen and oxygen atoms in total. The van der Waals surface area contributed by atoms with Crippen LogP contribution in [0.1, 0.15) is 95.1 Å². The first-order chi connectivity index (χ1) is 16.0. The maximum atomic E-state index is 14.6. The minimum atomic E-state index is -0.741. The summed E-state index contributed by atoms with van der Waals surface area (Å²) in [5.41, 5.74) is 1.15. The van der Waals surface area contributed by atoms with Crippen molar-refractivity contribution in [3.63, 3.8) is 0 Å². The number of aromatic nitrogens is 2. The Morgan fingerprint density at radius 3 is 2.50 bits per heavy atom. The van der Waals surface area contributed by atoms with Gasteiger partial charge in [0.15, 0.2) is 5.82 Å². The van der Waals surface area contributed by atoms with Gasteiger partial charge in [0, 0.05) is 24.5 Å². The highest BCUT2D eigenvalue weighted by atomic mass is 19.1. The van der Waals surface area contributed by atoms with E-state index in [0.717, 1.165) is 43.4 Å². The van der Waals surface area contributed by atoms with E-state index in [2.05, 4.69) is 21.9 Å². The zero-order valence-corrected chi connectivity index (χ0v) is 20.6. The minimum absolute atomic E-state index is 0.0476. The number of rotatable bonds is 9. The molecule has 1 aromatic carbocycles. The van der Waals surface area contributed by atoms with Gasteiger partial charge in [-0.2, -0.15) is 0 Å². The quantitative estimate of drug-likeness (QED) is 0.508. The first kappa shape index (κ1) is 25.8. The second-order valence-electron chi connectivity index (χ2n) is 9.99. The van der Waals surface area contributed by atoms with Gasteiger partial charge in [-0.15, -0.1) is 0 Å². The Balaban J connectivity index is 1.56. The fourth-order valence-electron chi connectivity index (χ4n) is 4.28. The smallest absolute Gasteiger partial charge is 0.221 e. The average Bonchev–Trinajstić information content (AvgIpc) is 2.78. The Bertz CT molecular complexity index is 993. The van der Waals surface area contributed by atoms with E-state index < -0.39 is 5.60 Å². The molecule has 184 valence electrons. The number of halogens is 1. The largest absolute Gasteiger partial charge is 0.490 e. The van der Waals surface area contributed by atoms with Crippen LogP contribution in [-0.4, -0.2) is 32.7 Å². The Morgan fingerprint density at radius 1 is 1.26 bits per heavy atom. The van der Waals surface area contributed by atoms with E-state index in [1.807, 2.05) is 31.2 Å². The molecule has 0 aliphatic heterocycles. The molecule has 0 bridgehead atoms. The SMILES string of the molecule is C=C(NC(C)=O)c1ccc(OC2CCC(c3nc(C(C)CCC(C)(C)O)ncc3F)CC2)cc1. The highest BCUT2D eigenvalue weighted by molar-refractivity contribution is 5.84. The molecule has 7 heteroatoms. The summed E-state index contributed by atoms with van der Waals surface area (Å²) in [7, 11) is 0. The van der Waals surface area contributed by atoms with E-state index in [1.165, 1.54) is 13.1 Å². The number of amides is 1. The van der Waals surface area contributed by atoms with Crippen LogP contribution in [0, 0.1) is 5.82 Å². The van der Waals surface area contributed by atoms with E-state index in [1.54, 1.807) is 13.8 Å². The molecule has 0 saturated heterocycles. The molecule has 0 spiro atoms. The van der Waals surface area contributed by atoms with Crippen molar-refractivity contribution in [2.45, 2.75) is 89.8 Å². The minimum Gasteiger partial charge on any atom is -0.490 e. The Hall–Kier alpha value is -2.80. The molecular weight excluding hydrogens is 433 g/mol. The number of benzene rings is 1. The maximum Gasteiger partial charge on any atom is 0.221 e. The Labute approximate surface area is 201 Å². The molecule has 2 aromatic rings. The number of ether oxygens (including phenoxy) is 1. The monoisotopic (exact) mass is 469 g/mol. The topological polar surface area (TPSA) is 84.3 Å². The van der Waals surface area contributed by atoms with Crippen LogP contribution < -0.4 is 10.1 Å². The molecule has 1 fully saturated rings. The summed E-state index contributed by atoms with van der Waals surface area (Å²) in [5.74, 6) is 0.996. The first-order valence-corrected chi connectivity index (χ1v) is 12.0. The molecule has 1 saturated carbocycles. The van der Waals surface area contributed by atoms with E-state index in [-0.39, 0.29) is 29.7 Å². The average molecular weight is 470 g/mol. The summed E-state index contributed by atoms with van der Waals surface area (Å²) >= 11 is 0. The molecule has 1 heterocycles. The van der Waals surface area contributed by atoms with Gasteiger partial charge in [0.25, 0.3) is 0 Å². The van der Waals surface area contributed by atoms with E-state index in [0.29, 0.717) is 23.6 Å². The zero-order valence-electron chi connectivity index (χ0n) is 20.6. The lowest BCUT2D eigenvalue weighted by atomic mass is 9.84. The number of aliphatic hydroxyl groups is 1. The second kappa shape index (κ2) is 11.1. The molecule has 0 radical (unpaired) electrons. The van der Waals surface area contributed by atoms with Crippen LogP contribution in [0.15, 0.2) is 37.0 Å². The third-order valence-electron chi connectivity index (χ3n) is 6.31. The van der Waals surface area contributed by atoms with Crippen LogP contribution in [0.25, 0.3) is 5.70 Å². The summed E-state index contributed by atoms with van der Waals surface area (Å²) < 4.78 is 20.7. The molecule has 3 rings (SSSR count). The Morgan fingerprint density at radius 2 is 1.91 bits per heavy atom. The highest BCUT2D eigenvalue weighted by Crippen LogP contribution is 2.35. The third kappa shape index (κ3) is 7.35. The van der Waals surface area contributed by atoms with Crippen LogP contribution in [0.3, 0.4) is 0 Å². The molecule has 1 amide bonds. The normalized spacial score (nSPS) is 19.4. The van der Waals surface area contributed by atoms with Crippen molar-refractivity contribution in [3.05, 3.63) is 59.9 Å². The lowest BCUT2D eigenvalue weighted by Gasteiger charge is -2.29. The van der Waals surface area contributed by atoms with Crippen molar-refractivity contribution in [1.29, 1.82) is 0 Å². The van der Waals surface area contributed by atoms with E-state index >= 15 is 0 Å². The third-order valence-corrected chi connectivity index (χ3v) is 6.31. The molecule has 34 heavy (non-hydrogen) atoms. The number of carbonyl (C=O) groups excluding carboxylic acids is 1. The molecule has 2 N–H and O–H groups in total. The molecule has 1 unspecified atom stereocenters. The van der Waals surface area contributed by atoms with Crippen molar-refractivity contribution in [2.24, 2.45) is 0 Å². The van der Waals surface area contributed by atoms with Crippen LogP contribution >= 0.6 is 0 Å². The molecule has 1 atom stereocenters. The van der Waals surface area contributed by atoms with Crippen LogP contribution in [-0.2, 0) is 4.79 Å². The summed E-state index contributed by atoms with van der Waals surface area (Å²) in [6, 6.07) is 7.49. The zero-order chi connectivity index (χ0) is 24.9. The number of nitrogens with zero attached hydrogens (tertiary/aromatic N) is 2. The second-order valence-corrected chi connectivity index (χ2v) is 9.99. The lowest BCUT2D eigenvalue weighted by Crippen LogP contribution is -2.24. The standard InChI is InChI=1S/C27H36FN3O3/c1-17(14-15-27(4,5)33)26-29-16-24(28)25(31-26)21-8-12-23(13-9-21)34-22-10-6-20(7-11-22)18(2)30-19(3)32/h6-7,10-11,16-17,21,23,33H,2,8-9,12-15H2,1,3-5H3,(H,30,32). The summed E-state index contributed by atoms with van der Waals surface area (Å²) in [6.45, 7) is 10.9. The molecular formula is C27H36FN3O3. The van der Waals surface area contributed by atoms with Crippen molar-refractivity contribution >= 4 is 11.6 Å². The lowest BCUT2D eigenvalue weighted by molar-refractivity contribution is -0.117. The van der Waals surface area contributed by atoms with Gasteiger partial charge < -0.3 is 15.2 Å². The van der Waals surface area contributed by atoms with Gasteiger partial charge in [0.2, 0.25) is 5.91 Å². The van der Waals surface area contributed by atoms with Crippen molar-refractivity contribution in [2.75, 3.05) is 0 Å². The summed E-state index contributed by atoms with van der Waals surface area (Å²) in [5, 5.41) is 12.7. The van der Waals surface area contributed by atoms with E-state index in [4.69, 9.17) is 4.74 Å². The molecule has 1 aliphatic carbocycles. The van der Waals surface area contributed by atoms with Crippen LogP contribution in [0.5, 0.6) is 5.75 Å². The highest BCUT2D eigenvalue weighted by Gasteiger charge is 2.28. The predicted molar refractivity (Wildman–Crippen MR) is 131 cm³/mol. The van der Waals surface area contributed by atoms with Gasteiger partial charge in [-0.05, 0) is 82.2 Å². The molecule has 1 aliphatic rings. The van der Waals surface area contributed by atoms with Gasteiger partial charge >= 0.3 is 0 Å². The van der Waals surface area contributed by atoms with Crippen molar-refractivity contribution in [3.8, 4) is 5.75 Å². The number of hydrogen-bond donors (Lipinski definition) is 2. The summed E-state index contributed by atoms with van der Waals surface area (Å²) in [6.07, 6.45) is 5.96. The number of hydrogen-bond acceptors (Lipinski definition) is 5. The van der Waals surface area contributed by atoms with Crippen molar-refractivity contribution < 1.29 is 19.0 Å². The van der Waals surface area contributed by atoms with Crippen LogP contribution in [0.4, 0.5) is 4.39 Å². The van der Waals surface area contributed by atoms with Gasteiger partial charge in [0.1, 0.15) is 11.6 Å². The molecule has 1 aromatic heterocycles. The maximum absolute atomic E-state index is 14.6. The van der Waals surface area contributed by atoms with Gasteiger partial charge in [-0.3, -0.25) is 4.79 Å². The predicted octanol–water partition coefficient (Wildman–Crippen LogP) is 5.48. The number of carbonyl (C=O) groups is 1. The fraction of sp³-hybridized carbons (Fsp3) is 0.519.